The minimum absolute atomic E-state index is 0.0679. The van der Waals surface area contributed by atoms with Crippen LogP contribution in [0, 0.1) is 5.82 Å². The molecule has 2 aromatic carbocycles. The van der Waals surface area contributed by atoms with Crippen LogP contribution in [0.2, 0.25) is 5.02 Å². The van der Waals surface area contributed by atoms with Crippen molar-refractivity contribution in [2.24, 2.45) is 0 Å². The van der Waals surface area contributed by atoms with Crippen LogP contribution in [0.1, 0.15) is 5.56 Å². The molecule has 0 bridgehead atoms. The molecule has 0 atom stereocenters. The minimum Gasteiger partial charge on any atom is -0.486 e. The molecule has 0 heterocycles. The third-order valence-electron chi connectivity index (χ3n) is 2.22. The fourth-order valence-corrected chi connectivity index (χ4v) is 1.77. The SMILES string of the molecule is Fc1c(Cl)cccc1OCc1ccc(Br)cc1. The molecule has 4 heteroatoms. The van der Waals surface area contributed by atoms with E-state index in [4.69, 9.17) is 16.3 Å². The standard InChI is InChI=1S/C13H9BrClFO/c14-10-6-4-9(5-7-10)8-17-12-3-1-2-11(15)13(12)16/h1-7H,8H2. The van der Waals surface area contributed by atoms with E-state index in [0.29, 0.717) is 6.61 Å². The highest BCUT2D eigenvalue weighted by molar-refractivity contribution is 9.10. The maximum absolute atomic E-state index is 13.5. The van der Waals surface area contributed by atoms with E-state index in [2.05, 4.69) is 15.9 Å². The van der Waals surface area contributed by atoms with E-state index >= 15 is 0 Å². The average molecular weight is 316 g/mol. The molecule has 0 radical (unpaired) electrons. The van der Waals surface area contributed by atoms with Crippen LogP contribution < -0.4 is 4.74 Å². The minimum atomic E-state index is -0.522. The van der Waals surface area contributed by atoms with Crippen LogP contribution in [0.15, 0.2) is 46.9 Å². The Labute approximate surface area is 112 Å². The number of ether oxygens (including phenoxy) is 1. The molecule has 0 fully saturated rings. The van der Waals surface area contributed by atoms with Gasteiger partial charge >= 0.3 is 0 Å². The third kappa shape index (κ3) is 3.20. The van der Waals surface area contributed by atoms with Crippen molar-refractivity contribution in [3.8, 4) is 5.75 Å². The zero-order chi connectivity index (χ0) is 12.3. The summed E-state index contributed by atoms with van der Waals surface area (Å²) < 4.78 is 19.9. The summed E-state index contributed by atoms with van der Waals surface area (Å²) in [6.45, 7) is 0.310. The topological polar surface area (TPSA) is 9.23 Å². The number of benzene rings is 2. The lowest BCUT2D eigenvalue weighted by Crippen LogP contribution is -1.97. The Kier molecular flexibility index (Phi) is 4.02. The van der Waals surface area contributed by atoms with Gasteiger partial charge in [0.1, 0.15) is 6.61 Å². The molecule has 0 N–H and O–H groups in total. The molecular formula is C13H9BrClFO. The normalized spacial score (nSPS) is 10.3. The molecule has 2 rings (SSSR count). The highest BCUT2D eigenvalue weighted by Gasteiger charge is 2.07. The van der Waals surface area contributed by atoms with Crippen LogP contribution in [0.3, 0.4) is 0 Å². The molecule has 0 unspecified atom stereocenters. The molecule has 0 aliphatic carbocycles. The molecule has 0 aromatic heterocycles. The maximum atomic E-state index is 13.5. The van der Waals surface area contributed by atoms with Crippen molar-refractivity contribution in [1.29, 1.82) is 0 Å². The lowest BCUT2D eigenvalue weighted by molar-refractivity contribution is 0.290. The Hall–Kier alpha value is -1.06. The molecule has 2 aromatic rings. The van der Waals surface area contributed by atoms with Gasteiger partial charge in [-0.2, -0.15) is 0 Å². The van der Waals surface area contributed by atoms with Crippen molar-refractivity contribution in [3.63, 3.8) is 0 Å². The fraction of sp³-hybridized carbons (Fsp3) is 0.0769. The van der Waals surface area contributed by atoms with Crippen molar-refractivity contribution >= 4 is 27.5 Å². The summed E-state index contributed by atoms with van der Waals surface area (Å²) in [6, 6.07) is 12.3. The largest absolute Gasteiger partial charge is 0.486 e. The highest BCUT2D eigenvalue weighted by Crippen LogP contribution is 2.24. The molecule has 0 amide bonds. The predicted octanol–water partition coefficient (Wildman–Crippen LogP) is 4.82. The van der Waals surface area contributed by atoms with E-state index in [1.165, 1.54) is 6.07 Å². The molecule has 0 saturated heterocycles. The predicted molar refractivity (Wildman–Crippen MR) is 69.9 cm³/mol. The van der Waals surface area contributed by atoms with Crippen LogP contribution in [0.5, 0.6) is 5.75 Å². The van der Waals surface area contributed by atoms with Gasteiger partial charge in [0.2, 0.25) is 0 Å². The van der Waals surface area contributed by atoms with Gasteiger partial charge in [0.15, 0.2) is 11.6 Å². The zero-order valence-electron chi connectivity index (χ0n) is 8.79. The van der Waals surface area contributed by atoms with E-state index in [1.807, 2.05) is 24.3 Å². The third-order valence-corrected chi connectivity index (χ3v) is 3.04. The Balaban J connectivity index is 2.07. The summed E-state index contributed by atoms with van der Waals surface area (Å²) in [4.78, 5) is 0. The van der Waals surface area contributed by atoms with Gasteiger partial charge in [-0.05, 0) is 29.8 Å². The Morgan fingerprint density at radius 2 is 1.82 bits per heavy atom. The van der Waals surface area contributed by atoms with Gasteiger partial charge in [-0.25, -0.2) is 4.39 Å². The van der Waals surface area contributed by atoms with Crippen molar-refractivity contribution in [1.82, 2.24) is 0 Å². The van der Waals surface area contributed by atoms with E-state index in [1.54, 1.807) is 12.1 Å². The van der Waals surface area contributed by atoms with Crippen LogP contribution >= 0.6 is 27.5 Å². The van der Waals surface area contributed by atoms with Crippen molar-refractivity contribution < 1.29 is 9.13 Å². The van der Waals surface area contributed by atoms with Crippen molar-refractivity contribution in [3.05, 3.63) is 63.3 Å². The summed E-state index contributed by atoms with van der Waals surface area (Å²) in [5, 5.41) is 0.0679. The van der Waals surface area contributed by atoms with Crippen LogP contribution in [-0.2, 0) is 6.61 Å². The lowest BCUT2D eigenvalue weighted by Gasteiger charge is -2.08. The molecule has 0 spiro atoms. The van der Waals surface area contributed by atoms with Crippen LogP contribution in [0.4, 0.5) is 4.39 Å². The summed E-state index contributed by atoms with van der Waals surface area (Å²) in [5.41, 5.74) is 0.965. The molecule has 88 valence electrons. The van der Waals surface area contributed by atoms with Crippen LogP contribution in [-0.4, -0.2) is 0 Å². The molecule has 1 nitrogen and oxygen atoms in total. The van der Waals surface area contributed by atoms with Gasteiger partial charge < -0.3 is 4.74 Å². The monoisotopic (exact) mass is 314 g/mol. The molecule has 0 saturated carbocycles. The van der Waals surface area contributed by atoms with Gasteiger partial charge in [0, 0.05) is 4.47 Å². The summed E-state index contributed by atoms with van der Waals surface area (Å²) in [6.07, 6.45) is 0. The van der Waals surface area contributed by atoms with Crippen molar-refractivity contribution in [2.45, 2.75) is 6.61 Å². The van der Waals surface area contributed by atoms with Gasteiger partial charge in [-0.15, -0.1) is 0 Å². The maximum Gasteiger partial charge on any atom is 0.183 e. The number of halogens is 3. The van der Waals surface area contributed by atoms with E-state index < -0.39 is 5.82 Å². The quantitative estimate of drug-likeness (QED) is 0.789. The number of hydrogen-bond donors (Lipinski definition) is 0. The van der Waals surface area contributed by atoms with Gasteiger partial charge in [-0.1, -0.05) is 45.7 Å². The second-order valence-electron chi connectivity index (χ2n) is 3.47. The first-order chi connectivity index (χ1) is 8.16. The molecule has 17 heavy (non-hydrogen) atoms. The van der Waals surface area contributed by atoms with Crippen LogP contribution in [0.25, 0.3) is 0 Å². The van der Waals surface area contributed by atoms with Gasteiger partial charge in [-0.3, -0.25) is 0 Å². The van der Waals surface area contributed by atoms with Crippen molar-refractivity contribution in [2.75, 3.05) is 0 Å². The van der Waals surface area contributed by atoms with E-state index in [0.717, 1.165) is 10.0 Å². The Morgan fingerprint density at radius 1 is 1.12 bits per heavy atom. The number of rotatable bonds is 3. The second kappa shape index (κ2) is 5.52. The van der Waals surface area contributed by atoms with E-state index in [9.17, 15) is 4.39 Å². The summed E-state index contributed by atoms with van der Waals surface area (Å²) in [7, 11) is 0. The summed E-state index contributed by atoms with van der Waals surface area (Å²) >= 11 is 9.00. The Morgan fingerprint density at radius 3 is 2.53 bits per heavy atom. The average Bonchev–Trinajstić information content (AvgIpc) is 2.33. The Bertz CT molecular complexity index is 513. The zero-order valence-corrected chi connectivity index (χ0v) is 11.1. The summed E-state index contributed by atoms with van der Waals surface area (Å²) in [5.74, 6) is -0.355. The molecule has 0 aliphatic rings. The van der Waals surface area contributed by atoms with Gasteiger partial charge in [0.05, 0.1) is 5.02 Å². The molecule has 0 aliphatic heterocycles. The first-order valence-electron chi connectivity index (χ1n) is 4.98. The van der Waals surface area contributed by atoms with E-state index in [-0.39, 0.29) is 10.8 Å². The number of hydrogen-bond acceptors (Lipinski definition) is 1. The smallest absolute Gasteiger partial charge is 0.183 e. The van der Waals surface area contributed by atoms with Gasteiger partial charge in [0.25, 0.3) is 0 Å². The first-order valence-corrected chi connectivity index (χ1v) is 6.15. The fourth-order valence-electron chi connectivity index (χ4n) is 1.34. The highest BCUT2D eigenvalue weighted by atomic mass is 79.9. The lowest BCUT2D eigenvalue weighted by atomic mass is 10.2. The molecular weight excluding hydrogens is 306 g/mol. The first kappa shape index (κ1) is 12.4. The second-order valence-corrected chi connectivity index (χ2v) is 4.79.